The molecule has 1 N–H and O–H groups in total. The van der Waals surface area contributed by atoms with Gasteiger partial charge < -0.3 is 23.8 Å². The largest absolute Gasteiger partial charge is 0.478 e. The van der Waals surface area contributed by atoms with E-state index in [4.69, 9.17) is 13.8 Å². The smallest absolute Gasteiger partial charge is 0.416 e. The van der Waals surface area contributed by atoms with Gasteiger partial charge in [0.05, 0.1) is 5.56 Å². The SMILES string of the molecule is CC(C)(Oc1ccc(CCN(Cc2ccc(-c3noc(C4CC4)n3)cc2)c2noc(-c3ccc(C(F)(F)F)cc3)n2)cc1)C(=O)O. The third-order valence-electron chi connectivity index (χ3n) is 7.59. The first-order valence-electron chi connectivity index (χ1n) is 14.7. The van der Waals surface area contributed by atoms with E-state index in [1.807, 2.05) is 41.3 Å². The highest BCUT2D eigenvalue weighted by molar-refractivity contribution is 5.76. The highest BCUT2D eigenvalue weighted by Gasteiger charge is 2.31. The van der Waals surface area contributed by atoms with Gasteiger partial charge in [0.25, 0.3) is 11.8 Å². The Labute approximate surface area is 261 Å². The molecule has 238 valence electrons. The first-order chi connectivity index (χ1) is 21.9. The molecule has 0 atom stereocenters. The lowest BCUT2D eigenvalue weighted by Crippen LogP contribution is -2.37. The molecular formula is C33H30F3N5O5. The van der Waals surface area contributed by atoms with Gasteiger partial charge in [-0.3, -0.25) is 0 Å². The summed E-state index contributed by atoms with van der Waals surface area (Å²) in [6, 6.07) is 19.4. The van der Waals surface area contributed by atoms with Crippen molar-refractivity contribution in [1.82, 2.24) is 20.3 Å². The number of aliphatic carboxylic acids is 1. The summed E-state index contributed by atoms with van der Waals surface area (Å²) in [4.78, 5) is 22.3. The standard InChI is InChI=1S/C33H30F3N5O5/c1-32(2,30(42)43)44-26-15-5-20(6-16-26)17-18-41(31-38-29(46-40-31)24-11-13-25(14-12-24)33(34,35)36)19-21-3-7-22(8-4-21)27-37-28(45-39-27)23-9-10-23/h3-8,11-16,23H,9-10,17-19H2,1-2H3,(H,42,43). The van der Waals surface area contributed by atoms with E-state index in [9.17, 15) is 23.1 Å². The minimum Gasteiger partial charge on any atom is -0.478 e. The molecule has 0 radical (unpaired) electrons. The zero-order valence-corrected chi connectivity index (χ0v) is 25.0. The molecule has 1 aliphatic carbocycles. The van der Waals surface area contributed by atoms with Crippen molar-refractivity contribution in [2.24, 2.45) is 0 Å². The van der Waals surface area contributed by atoms with Crippen LogP contribution in [0.3, 0.4) is 0 Å². The highest BCUT2D eigenvalue weighted by Crippen LogP contribution is 2.39. The van der Waals surface area contributed by atoms with Crippen LogP contribution in [0.4, 0.5) is 19.1 Å². The number of ether oxygens (including phenoxy) is 1. The van der Waals surface area contributed by atoms with Gasteiger partial charge >= 0.3 is 12.1 Å². The second-order valence-corrected chi connectivity index (χ2v) is 11.6. The van der Waals surface area contributed by atoms with Crippen molar-refractivity contribution in [3.63, 3.8) is 0 Å². The molecule has 6 rings (SSSR count). The van der Waals surface area contributed by atoms with Gasteiger partial charge in [-0.2, -0.15) is 23.1 Å². The third kappa shape index (κ3) is 7.19. The highest BCUT2D eigenvalue weighted by atomic mass is 19.4. The predicted octanol–water partition coefficient (Wildman–Crippen LogP) is 7.17. The predicted molar refractivity (Wildman–Crippen MR) is 160 cm³/mol. The number of carboxylic acid groups (broad SMARTS) is 1. The van der Waals surface area contributed by atoms with Gasteiger partial charge in [0.1, 0.15) is 5.75 Å². The summed E-state index contributed by atoms with van der Waals surface area (Å²) in [5.74, 6) is 1.27. The second kappa shape index (κ2) is 12.3. The van der Waals surface area contributed by atoms with E-state index in [2.05, 4.69) is 20.3 Å². The Hall–Kier alpha value is -5.20. The molecule has 0 unspecified atom stereocenters. The molecule has 1 aliphatic rings. The van der Waals surface area contributed by atoms with Crippen LogP contribution >= 0.6 is 0 Å². The Morgan fingerprint density at radius 1 is 0.891 bits per heavy atom. The number of hydrogen-bond acceptors (Lipinski definition) is 9. The number of halogens is 3. The van der Waals surface area contributed by atoms with Gasteiger partial charge in [0, 0.05) is 30.1 Å². The van der Waals surface area contributed by atoms with E-state index in [1.165, 1.54) is 26.0 Å². The number of hydrogen-bond donors (Lipinski definition) is 1. The van der Waals surface area contributed by atoms with Crippen molar-refractivity contribution in [2.45, 2.75) is 57.3 Å². The van der Waals surface area contributed by atoms with Crippen LogP contribution < -0.4 is 9.64 Å². The molecule has 1 saturated carbocycles. The summed E-state index contributed by atoms with van der Waals surface area (Å²) in [5, 5.41) is 17.6. The number of carbonyl (C=O) groups is 1. The fraction of sp³-hybridized carbons (Fsp3) is 0.303. The Morgan fingerprint density at radius 2 is 1.54 bits per heavy atom. The molecule has 0 amide bonds. The van der Waals surface area contributed by atoms with Crippen LogP contribution in [0.15, 0.2) is 81.8 Å². The molecule has 0 aliphatic heterocycles. The Kier molecular flexibility index (Phi) is 8.24. The molecule has 1 fully saturated rings. The van der Waals surface area contributed by atoms with Gasteiger partial charge in [-0.15, -0.1) is 0 Å². The summed E-state index contributed by atoms with van der Waals surface area (Å²) >= 11 is 0. The van der Waals surface area contributed by atoms with Crippen LogP contribution in [-0.4, -0.2) is 43.5 Å². The molecule has 10 nitrogen and oxygen atoms in total. The van der Waals surface area contributed by atoms with Crippen molar-refractivity contribution in [3.05, 3.63) is 95.4 Å². The molecule has 0 bridgehead atoms. The molecule has 2 aromatic heterocycles. The van der Waals surface area contributed by atoms with Crippen LogP contribution in [0.5, 0.6) is 5.75 Å². The average molecular weight is 634 g/mol. The van der Waals surface area contributed by atoms with E-state index in [1.54, 1.807) is 12.1 Å². The molecule has 5 aromatic rings. The van der Waals surface area contributed by atoms with Crippen LogP contribution in [0.25, 0.3) is 22.8 Å². The third-order valence-corrected chi connectivity index (χ3v) is 7.59. The van der Waals surface area contributed by atoms with E-state index in [-0.39, 0.29) is 11.8 Å². The summed E-state index contributed by atoms with van der Waals surface area (Å²) in [6.07, 6.45) is -1.76. The van der Waals surface area contributed by atoms with Crippen molar-refractivity contribution >= 4 is 11.9 Å². The maximum Gasteiger partial charge on any atom is 0.416 e. The second-order valence-electron chi connectivity index (χ2n) is 11.6. The van der Waals surface area contributed by atoms with Gasteiger partial charge in [-0.05, 0) is 85.8 Å². The summed E-state index contributed by atoms with van der Waals surface area (Å²) in [7, 11) is 0. The number of benzene rings is 3. The molecule has 3 aromatic carbocycles. The van der Waals surface area contributed by atoms with E-state index < -0.39 is 23.3 Å². The summed E-state index contributed by atoms with van der Waals surface area (Å²) < 4.78 is 55.6. The number of rotatable bonds is 12. The van der Waals surface area contributed by atoms with Crippen molar-refractivity contribution < 1.29 is 36.9 Å². The first-order valence-corrected chi connectivity index (χ1v) is 14.7. The average Bonchev–Trinajstić information content (AvgIpc) is 3.55. The Balaban J connectivity index is 1.19. The van der Waals surface area contributed by atoms with Crippen LogP contribution in [0.2, 0.25) is 0 Å². The van der Waals surface area contributed by atoms with Crippen LogP contribution in [0.1, 0.15) is 55.2 Å². The zero-order valence-electron chi connectivity index (χ0n) is 25.0. The number of alkyl halides is 3. The lowest BCUT2D eigenvalue weighted by Gasteiger charge is -2.22. The maximum absolute atomic E-state index is 13.0. The fourth-order valence-corrected chi connectivity index (χ4v) is 4.67. The van der Waals surface area contributed by atoms with Crippen molar-refractivity contribution in [1.29, 1.82) is 0 Å². The molecule has 46 heavy (non-hydrogen) atoms. The molecule has 13 heteroatoms. The van der Waals surface area contributed by atoms with Gasteiger partial charge in [-0.25, -0.2) is 4.79 Å². The molecule has 2 heterocycles. The number of carboxylic acids is 1. The first kappa shape index (κ1) is 30.8. The topological polar surface area (TPSA) is 128 Å². The Bertz CT molecular complexity index is 1800. The molecule has 0 spiro atoms. The van der Waals surface area contributed by atoms with Crippen LogP contribution in [0, 0.1) is 0 Å². The van der Waals surface area contributed by atoms with Gasteiger partial charge in [0.15, 0.2) is 5.60 Å². The van der Waals surface area contributed by atoms with Gasteiger partial charge in [0.2, 0.25) is 11.7 Å². The lowest BCUT2D eigenvalue weighted by molar-refractivity contribution is -0.152. The lowest BCUT2D eigenvalue weighted by atomic mass is 10.1. The van der Waals surface area contributed by atoms with E-state index >= 15 is 0 Å². The maximum atomic E-state index is 13.0. The van der Waals surface area contributed by atoms with Crippen molar-refractivity contribution in [2.75, 3.05) is 11.4 Å². The number of anilines is 1. The zero-order chi connectivity index (χ0) is 32.5. The van der Waals surface area contributed by atoms with E-state index in [0.29, 0.717) is 48.5 Å². The monoisotopic (exact) mass is 633 g/mol. The quantitative estimate of drug-likeness (QED) is 0.151. The van der Waals surface area contributed by atoms with E-state index in [0.717, 1.165) is 41.7 Å². The summed E-state index contributed by atoms with van der Waals surface area (Å²) in [6.45, 7) is 3.82. The normalized spacial score (nSPS) is 13.5. The molecule has 0 saturated heterocycles. The van der Waals surface area contributed by atoms with Crippen LogP contribution in [-0.2, 0) is 23.9 Å². The van der Waals surface area contributed by atoms with Gasteiger partial charge in [-0.1, -0.05) is 41.6 Å². The van der Waals surface area contributed by atoms with Crippen molar-refractivity contribution in [3.8, 4) is 28.6 Å². The summed E-state index contributed by atoms with van der Waals surface area (Å²) in [5.41, 5.74) is 0.935. The molecular weight excluding hydrogens is 603 g/mol. The number of aromatic nitrogens is 4. The minimum absolute atomic E-state index is 0.0928. The minimum atomic E-state index is -4.45. The number of nitrogens with zero attached hydrogens (tertiary/aromatic N) is 5. The fourth-order valence-electron chi connectivity index (χ4n) is 4.67. The Morgan fingerprint density at radius 3 is 2.17 bits per heavy atom.